The van der Waals surface area contributed by atoms with E-state index in [-0.39, 0.29) is 23.2 Å². The first-order chi connectivity index (χ1) is 12.0. The maximum Gasteiger partial charge on any atom is 0.274 e. The molecule has 1 aromatic heterocycles. The van der Waals surface area contributed by atoms with Gasteiger partial charge in [0, 0.05) is 37.1 Å². The van der Waals surface area contributed by atoms with E-state index in [0.29, 0.717) is 25.9 Å². The summed E-state index contributed by atoms with van der Waals surface area (Å²) in [6, 6.07) is 2.90. The summed E-state index contributed by atoms with van der Waals surface area (Å²) in [5, 5.41) is 2.79. The molecule has 0 radical (unpaired) electrons. The molecular weight excluding hydrogens is 330 g/mol. The molecule has 0 atom stereocenters. The largest absolute Gasteiger partial charge is 0.349 e. The average Bonchev–Trinajstić information content (AvgIpc) is 2.64. The number of benzene rings is 1. The van der Waals surface area contributed by atoms with Gasteiger partial charge in [-0.05, 0) is 31.0 Å². The van der Waals surface area contributed by atoms with Gasteiger partial charge in [-0.2, -0.15) is 0 Å². The number of carbonyl (C=O) groups excluding carboxylic acids is 2. The van der Waals surface area contributed by atoms with Crippen molar-refractivity contribution in [3.8, 4) is 0 Å². The first-order valence-electron chi connectivity index (χ1n) is 7.86. The molecule has 25 heavy (non-hydrogen) atoms. The minimum absolute atomic E-state index is 0.0666. The Morgan fingerprint density at radius 1 is 1.12 bits per heavy atom. The molecule has 0 bridgehead atoms. The van der Waals surface area contributed by atoms with Gasteiger partial charge in [-0.1, -0.05) is 0 Å². The Morgan fingerprint density at radius 2 is 1.88 bits per heavy atom. The van der Waals surface area contributed by atoms with Crippen molar-refractivity contribution in [2.75, 3.05) is 13.1 Å². The zero-order valence-corrected chi connectivity index (χ0v) is 13.3. The average molecular weight is 346 g/mol. The van der Waals surface area contributed by atoms with Crippen LogP contribution in [0.1, 0.15) is 33.7 Å². The molecule has 1 aromatic carbocycles. The Bertz CT molecular complexity index is 777. The second-order valence-corrected chi connectivity index (χ2v) is 5.76. The number of hydrogen-bond donors (Lipinski definition) is 1. The Kier molecular flexibility index (Phi) is 4.97. The third-order valence-corrected chi connectivity index (χ3v) is 4.08. The van der Waals surface area contributed by atoms with Crippen molar-refractivity contribution in [3.05, 3.63) is 59.7 Å². The predicted octanol–water partition coefficient (Wildman–Crippen LogP) is 1.79. The molecule has 0 saturated carbocycles. The quantitative estimate of drug-likeness (QED) is 0.919. The summed E-state index contributed by atoms with van der Waals surface area (Å²) in [5.41, 5.74) is 0.351. The second kappa shape index (κ2) is 7.33. The summed E-state index contributed by atoms with van der Waals surface area (Å²) in [4.78, 5) is 33.9. The zero-order valence-electron chi connectivity index (χ0n) is 13.3. The van der Waals surface area contributed by atoms with Gasteiger partial charge in [0.2, 0.25) is 0 Å². The third-order valence-electron chi connectivity index (χ3n) is 4.08. The van der Waals surface area contributed by atoms with Gasteiger partial charge in [0.05, 0.1) is 6.20 Å². The molecule has 1 N–H and O–H groups in total. The predicted molar refractivity (Wildman–Crippen MR) is 84.8 cm³/mol. The van der Waals surface area contributed by atoms with Crippen LogP contribution in [-0.2, 0) is 0 Å². The van der Waals surface area contributed by atoms with Crippen LogP contribution < -0.4 is 5.32 Å². The van der Waals surface area contributed by atoms with Gasteiger partial charge in [-0.25, -0.2) is 13.8 Å². The highest BCUT2D eigenvalue weighted by Gasteiger charge is 2.25. The number of piperidine rings is 1. The fraction of sp³-hybridized carbons (Fsp3) is 0.294. The lowest BCUT2D eigenvalue weighted by Crippen LogP contribution is -2.46. The van der Waals surface area contributed by atoms with E-state index in [1.165, 1.54) is 24.7 Å². The summed E-state index contributed by atoms with van der Waals surface area (Å²) in [6.45, 7) is 0.941. The van der Waals surface area contributed by atoms with Crippen LogP contribution in [0, 0.1) is 11.6 Å². The molecule has 1 aliphatic rings. The van der Waals surface area contributed by atoms with Crippen LogP contribution in [-0.4, -0.2) is 45.8 Å². The van der Waals surface area contributed by atoms with Gasteiger partial charge in [0.1, 0.15) is 5.69 Å². The van der Waals surface area contributed by atoms with E-state index in [9.17, 15) is 18.4 Å². The standard InChI is InChI=1S/C17H16F2N4O2/c18-13-2-1-11(9-14(13)19)16(24)22-12-3-7-23(8-4-12)17(25)15-10-20-5-6-21-15/h1-2,5-6,9-10,12H,3-4,7-8H2,(H,22,24). The van der Waals surface area contributed by atoms with E-state index in [1.807, 2.05) is 0 Å². The molecule has 130 valence electrons. The van der Waals surface area contributed by atoms with Crippen molar-refractivity contribution < 1.29 is 18.4 Å². The Balaban J connectivity index is 1.54. The number of halogens is 2. The molecule has 3 rings (SSSR count). The summed E-state index contributed by atoms with van der Waals surface area (Å²) in [5.74, 6) is -2.71. The van der Waals surface area contributed by atoms with Crippen LogP contribution in [0.15, 0.2) is 36.8 Å². The second-order valence-electron chi connectivity index (χ2n) is 5.76. The number of likely N-dealkylation sites (tertiary alicyclic amines) is 1. The van der Waals surface area contributed by atoms with Gasteiger partial charge < -0.3 is 10.2 Å². The van der Waals surface area contributed by atoms with Crippen molar-refractivity contribution in [3.63, 3.8) is 0 Å². The zero-order chi connectivity index (χ0) is 17.8. The van der Waals surface area contributed by atoms with Crippen LogP contribution in [0.5, 0.6) is 0 Å². The monoisotopic (exact) mass is 346 g/mol. The molecule has 6 nitrogen and oxygen atoms in total. The van der Waals surface area contributed by atoms with E-state index in [0.717, 1.165) is 12.1 Å². The van der Waals surface area contributed by atoms with E-state index >= 15 is 0 Å². The van der Waals surface area contributed by atoms with Crippen LogP contribution >= 0.6 is 0 Å². The molecule has 2 heterocycles. The molecule has 2 amide bonds. The normalized spacial score (nSPS) is 15.0. The molecule has 1 saturated heterocycles. The molecule has 8 heteroatoms. The molecule has 0 spiro atoms. The lowest BCUT2D eigenvalue weighted by atomic mass is 10.0. The number of nitrogens with zero attached hydrogens (tertiary/aromatic N) is 3. The SMILES string of the molecule is O=C(NC1CCN(C(=O)c2cnccn2)CC1)c1ccc(F)c(F)c1. The number of hydrogen-bond acceptors (Lipinski definition) is 4. The number of nitrogens with one attached hydrogen (secondary N) is 1. The maximum absolute atomic E-state index is 13.2. The van der Waals surface area contributed by atoms with Crippen molar-refractivity contribution in [2.45, 2.75) is 18.9 Å². The molecular formula is C17H16F2N4O2. The van der Waals surface area contributed by atoms with E-state index in [1.54, 1.807) is 4.90 Å². The highest BCUT2D eigenvalue weighted by Crippen LogP contribution is 2.14. The summed E-state index contributed by atoms with van der Waals surface area (Å²) >= 11 is 0. The van der Waals surface area contributed by atoms with Crippen LogP contribution in [0.4, 0.5) is 8.78 Å². The maximum atomic E-state index is 13.2. The van der Waals surface area contributed by atoms with Crippen molar-refractivity contribution >= 4 is 11.8 Å². The Morgan fingerprint density at radius 3 is 2.52 bits per heavy atom. The number of carbonyl (C=O) groups is 2. The van der Waals surface area contributed by atoms with Gasteiger partial charge in [0.25, 0.3) is 11.8 Å². The van der Waals surface area contributed by atoms with E-state index in [2.05, 4.69) is 15.3 Å². The lowest BCUT2D eigenvalue weighted by Gasteiger charge is -2.32. The van der Waals surface area contributed by atoms with Gasteiger partial charge in [-0.15, -0.1) is 0 Å². The summed E-state index contributed by atoms with van der Waals surface area (Å²) in [6.07, 6.45) is 5.51. The van der Waals surface area contributed by atoms with Crippen molar-refractivity contribution in [2.24, 2.45) is 0 Å². The summed E-state index contributed by atoms with van der Waals surface area (Å²) in [7, 11) is 0. The first-order valence-corrected chi connectivity index (χ1v) is 7.86. The van der Waals surface area contributed by atoms with Crippen LogP contribution in [0.2, 0.25) is 0 Å². The van der Waals surface area contributed by atoms with Gasteiger partial charge in [-0.3, -0.25) is 14.6 Å². The smallest absolute Gasteiger partial charge is 0.274 e. The fourth-order valence-corrected chi connectivity index (χ4v) is 2.70. The van der Waals surface area contributed by atoms with Gasteiger partial charge in [0.15, 0.2) is 11.6 Å². The molecule has 1 fully saturated rings. The minimum atomic E-state index is -1.06. The van der Waals surface area contributed by atoms with Crippen LogP contribution in [0.3, 0.4) is 0 Å². The van der Waals surface area contributed by atoms with Gasteiger partial charge >= 0.3 is 0 Å². The van der Waals surface area contributed by atoms with Crippen molar-refractivity contribution in [1.82, 2.24) is 20.2 Å². The van der Waals surface area contributed by atoms with Crippen LogP contribution in [0.25, 0.3) is 0 Å². The molecule has 0 unspecified atom stereocenters. The summed E-state index contributed by atoms with van der Waals surface area (Å²) < 4.78 is 26.1. The minimum Gasteiger partial charge on any atom is -0.349 e. The fourth-order valence-electron chi connectivity index (χ4n) is 2.70. The van der Waals surface area contributed by atoms with E-state index in [4.69, 9.17) is 0 Å². The number of aromatic nitrogens is 2. The molecule has 0 aliphatic carbocycles. The molecule has 2 aromatic rings. The Hall–Kier alpha value is -2.90. The van der Waals surface area contributed by atoms with Crippen molar-refractivity contribution in [1.29, 1.82) is 0 Å². The highest BCUT2D eigenvalue weighted by molar-refractivity contribution is 5.94. The Labute approximate surface area is 142 Å². The van der Waals surface area contributed by atoms with E-state index < -0.39 is 17.5 Å². The highest BCUT2D eigenvalue weighted by atomic mass is 19.2. The third kappa shape index (κ3) is 3.96. The number of amides is 2. The first kappa shape index (κ1) is 16.9. The molecule has 1 aliphatic heterocycles. The lowest BCUT2D eigenvalue weighted by molar-refractivity contribution is 0.0692. The number of rotatable bonds is 3. The topological polar surface area (TPSA) is 75.2 Å².